The molecule has 1 fully saturated rings. The zero-order valence-electron chi connectivity index (χ0n) is 13.3. The third-order valence-electron chi connectivity index (χ3n) is 3.91. The van der Waals surface area contributed by atoms with Gasteiger partial charge in [0.2, 0.25) is 0 Å². The number of rotatable bonds is 2. The Morgan fingerprint density at radius 3 is 2.90 bits per heavy atom. The van der Waals surface area contributed by atoms with Crippen molar-refractivity contribution < 1.29 is 14.6 Å². The van der Waals surface area contributed by atoms with Crippen molar-refractivity contribution in [2.45, 2.75) is 51.7 Å². The quantitative estimate of drug-likeness (QED) is 0.807. The van der Waals surface area contributed by atoms with Gasteiger partial charge in [-0.05, 0) is 33.6 Å². The maximum atomic E-state index is 12.1. The molecule has 21 heavy (non-hydrogen) atoms. The van der Waals surface area contributed by atoms with Gasteiger partial charge in [-0.1, -0.05) is 6.42 Å². The summed E-state index contributed by atoms with van der Waals surface area (Å²) in [5, 5.41) is 12.8. The molecule has 2 rings (SSSR count). The molecule has 0 radical (unpaired) electrons. The zero-order chi connectivity index (χ0) is 15.5. The molecule has 1 aliphatic carbocycles. The summed E-state index contributed by atoms with van der Waals surface area (Å²) in [5.41, 5.74) is -0.479. The monoisotopic (exact) mass is 297 g/mol. The van der Waals surface area contributed by atoms with Gasteiger partial charge in [-0.15, -0.1) is 0 Å². The molecule has 120 valence electrons. The molecule has 0 saturated heterocycles. The first-order chi connectivity index (χ1) is 9.89. The van der Waals surface area contributed by atoms with Gasteiger partial charge in [0.1, 0.15) is 11.4 Å². The van der Waals surface area contributed by atoms with Crippen LogP contribution in [-0.4, -0.2) is 59.8 Å². The van der Waals surface area contributed by atoms with Crippen molar-refractivity contribution in [1.82, 2.24) is 10.2 Å². The molecular formula is C15H27N3O3. The SMILES string of the molecule is CC(C)(C)OC(=O)N1CCN=C(NC2CCCC2CO)C1. The number of carbonyl (C=O) groups excluding carboxylic acids is 1. The summed E-state index contributed by atoms with van der Waals surface area (Å²) in [6, 6.07) is 0.271. The molecule has 0 bridgehead atoms. The minimum absolute atomic E-state index is 0.209. The second-order valence-corrected chi connectivity index (χ2v) is 6.85. The normalized spacial score (nSPS) is 26.5. The number of nitrogens with one attached hydrogen (secondary N) is 1. The van der Waals surface area contributed by atoms with Gasteiger partial charge in [-0.25, -0.2) is 4.79 Å². The van der Waals surface area contributed by atoms with E-state index in [2.05, 4.69) is 10.3 Å². The Hall–Kier alpha value is -1.30. The number of amides is 1. The van der Waals surface area contributed by atoms with E-state index in [9.17, 15) is 9.90 Å². The maximum Gasteiger partial charge on any atom is 0.410 e. The van der Waals surface area contributed by atoms with Crippen LogP contribution in [0.25, 0.3) is 0 Å². The Balaban J connectivity index is 1.88. The predicted octanol–water partition coefficient (Wildman–Crippen LogP) is 1.39. The molecule has 2 atom stereocenters. The lowest BCUT2D eigenvalue weighted by molar-refractivity contribution is 0.0275. The summed E-state index contributed by atoms with van der Waals surface area (Å²) in [5.74, 6) is 1.13. The first-order valence-corrected chi connectivity index (χ1v) is 7.77. The summed E-state index contributed by atoms with van der Waals surface area (Å²) in [6.07, 6.45) is 2.95. The van der Waals surface area contributed by atoms with Crippen molar-refractivity contribution >= 4 is 11.9 Å². The second kappa shape index (κ2) is 6.64. The molecule has 0 spiro atoms. The number of hydrogen-bond acceptors (Lipinski definition) is 5. The number of carbonyl (C=O) groups is 1. The van der Waals surface area contributed by atoms with Crippen molar-refractivity contribution in [3.8, 4) is 0 Å². The smallest absolute Gasteiger partial charge is 0.410 e. The largest absolute Gasteiger partial charge is 0.444 e. The molecule has 6 heteroatoms. The summed E-state index contributed by atoms with van der Waals surface area (Å²) in [6.45, 7) is 7.46. The van der Waals surface area contributed by atoms with Crippen LogP contribution in [0, 0.1) is 5.92 Å². The Labute approximate surface area is 126 Å². The van der Waals surface area contributed by atoms with E-state index < -0.39 is 5.60 Å². The fourth-order valence-corrected chi connectivity index (χ4v) is 2.85. The van der Waals surface area contributed by atoms with Crippen molar-refractivity contribution in [1.29, 1.82) is 0 Å². The van der Waals surface area contributed by atoms with E-state index in [0.29, 0.717) is 25.6 Å². The van der Waals surface area contributed by atoms with Gasteiger partial charge in [-0.2, -0.15) is 0 Å². The fraction of sp³-hybridized carbons (Fsp3) is 0.867. The summed E-state index contributed by atoms with van der Waals surface area (Å²) in [7, 11) is 0. The van der Waals surface area contributed by atoms with Crippen LogP contribution in [0.5, 0.6) is 0 Å². The summed E-state index contributed by atoms with van der Waals surface area (Å²) in [4.78, 5) is 18.2. The third kappa shape index (κ3) is 4.59. The summed E-state index contributed by atoms with van der Waals surface area (Å²) < 4.78 is 5.40. The topological polar surface area (TPSA) is 74.2 Å². The van der Waals surface area contributed by atoms with Gasteiger partial charge in [0.05, 0.1) is 13.1 Å². The lowest BCUT2D eigenvalue weighted by Gasteiger charge is -2.31. The highest BCUT2D eigenvalue weighted by Crippen LogP contribution is 2.25. The van der Waals surface area contributed by atoms with Gasteiger partial charge in [0, 0.05) is 25.1 Å². The van der Waals surface area contributed by atoms with Gasteiger partial charge in [-0.3, -0.25) is 9.89 Å². The number of aliphatic imine (C=N–C) groups is 1. The van der Waals surface area contributed by atoms with E-state index in [0.717, 1.165) is 25.1 Å². The van der Waals surface area contributed by atoms with Crippen LogP contribution in [0.3, 0.4) is 0 Å². The van der Waals surface area contributed by atoms with E-state index in [1.165, 1.54) is 0 Å². The van der Waals surface area contributed by atoms with Gasteiger partial charge in [0.25, 0.3) is 0 Å². The Morgan fingerprint density at radius 1 is 1.48 bits per heavy atom. The Morgan fingerprint density at radius 2 is 2.24 bits per heavy atom. The van der Waals surface area contributed by atoms with E-state index >= 15 is 0 Å². The zero-order valence-corrected chi connectivity index (χ0v) is 13.3. The van der Waals surface area contributed by atoms with Crippen molar-refractivity contribution in [2.75, 3.05) is 26.2 Å². The summed E-state index contributed by atoms with van der Waals surface area (Å²) >= 11 is 0. The highest BCUT2D eigenvalue weighted by atomic mass is 16.6. The van der Waals surface area contributed by atoms with Gasteiger partial charge >= 0.3 is 6.09 Å². The molecule has 0 aromatic rings. The minimum atomic E-state index is -0.479. The molecule has 2 unspecified atom stereocenters. The molecule has 2 N–H and O–H groups in total. The van der Waals surface area contributed by atoms with E-state index in [-0.39, 0.29) is 18.7 Å². The Bertz CT molecular complexity index is 403. The van der Waals surface area contributed by atoms with Crippen LogP contribution < -0.4 is 5.32 Å². The molecule has 2 aliphatic rings. The lowest BCUT2D eigenvalue weighted by Crippen LogP contribution is -2.50. The molecule has 1 aliphatic heterocycles. The van der Waals surface area contributed by atoms with E-state index in [4.69, 9.17) is 4.74 Å². The Kier molecular flexibility index (Phi) is 5.08. The molecular weight excluding hydrogens is 270 g/mol. The van der Waals surface area contributed by atoms with Crippen LogP contribution in [0.1, 0.15) is 40.0 Å². The van der Waals surface area contributed by atoms with Crippen LogP contribution >= 0.6 is 0 Å². The molecule has 1 heterocycles. The van der Waals surface area contributed by atoms with Crippen LogP contribution in [-0.2, 0) is 4.74 Å². The van der Waals surface area contributed by atoms with E-state index in [1.54, 1.807) is 4.90 Å². The maximum absolute atomic E-state index is 12.1. The number of amidine groups is 1. The molecule has 0 aromatic carbocycles. The predicted molar refractivity (Wildman–Crippen MR) is 81.5 cm³/mol. The van der Waals surface area contributed by atoms with Crippen LogP contribution in [0.15, 0.2) is 4.99 Å². The number of nitrogens with zero attached hydrogens (tertiary/aromatic N) is 2. The molecule has 1 saturated carbocycles. The number of hydrogen-bond donors (Lipinski definition) is 2. The highest BCUT2D eigenvalue weighted by Gasteiger charge is 2.30. The first-order valence-electron chi connectivity index (χ1n) is 7.77. The van der Waals surface area contributed by atoms with E-state index in [1.807, 2.05) is 20.8 Å². The van der Waals surface area contributed by atoms with Gasteiger partial charge in [0.15, 0.2) is 0 Å². The van der Waals surface area contributed by atoms with Crippen molar-refractivity contribution in [3.63, 3.8) is 0 Å². The second-order valence-electron chi connectivity index (χ2n) is 6.85. The molecule has 6 nitrogen and oxygen atoms in total. The highest BCUT2D eigenvalue weighted by molar-refractivity contribution is 5.88. The number of aliphatic hydroxyl groups excluding tert-OH is 1. The van der Waals surface area contributed by atoms with Crippen LogP contribution in [0.4, 0.5) is 4.79 Å². The van der Waals surface area contributed by atoms with Gasteiger partial charge < -0.3 is 15.2 Å². The molecule has 1 amide bonds. The minimum Gasteiger partial charge on any atom is -0.444 e. The fourth-order valence-electron chi connectivity index (χ4n) is 2.85. The standard InChI is InChI=1S/C15H27N3O3/c1-15(2,3)21-14(20)18-8-7-16-13(9-18)17-12-6-4-5-11(12)10-19/h11-12,19H,4-10H2,1-3H3,(H,16,17). The first kappa shape index (κ1) is 16.1. The van der Waals surface area contributed by atoms with Crippen LogP contribution in [0.2, 0.25) is 0 Å². The number of aliphatic hydroxyl groups is 1. The average Bonchev–Trinajstić information content (AvgIpc) is 2.84. The lowest BCUT2D eigenvalue weighted by atomic mass is 10.1. The third-order valence-corrected chi connectivity index (χ3v) is 3.91. The van der Waals surface area contributed by atoms with Crippen molar-refractivity contribution in [3.05, 3.63) is 0 Å². The molecule has 0 aromatic heterocycles. The average molecular weight is 297 g/mol. The number of ether oxygens (including phenoxy) is 1. The van der Waals surface area contributed by atoms with Crippen molar-refractivity contribution in [2.24, 2.45) is 10.9 Å².